The van der Waals surface area contributed by atoms with E-state index in [0.717, 1.165) is 50.6 Å². The Hall–Kier alpha value is -2.38. The molecule has 2 aromatic rings. The molecule has 0 unspecified atom stereocenters. The number of rotatable bonds is 6. The van der Waals surface area contributed by atoms with Gasteiger partial charge in [-0.3, -0.25) is 9.69 Å². The van der Waals surface area contributed by atoms with Gasteiger partial charge in [-0.05, 0) is 49.3 Å². The largest absolute Gasteiger partial charge is 0.497 e. The molecule has 1 aromatic carbocycles. The highest BCUT2D eigenvalue weighted by Crippen LogP contribution is 2.40. The van der Waals surface area contributed by atoms with E-state index in [1.807, 2.05) is 24.5 Å². The SMILES string of the molecule is COc1ccc(CN2CCC3(CC2)O[C@@H](C(=O)NCC2CC2)Cn2ccnc23)cc1. The van der Waals surface area contributed by atoms with Crippen molar-refractivity contribution in [3.8, 4) is 5.75 Å². The molecule has 2 aliphatic heterocycles. The van der Waals surface area contributed by atoms with Crippen LogP contribution in [0.2, 0.25) is 0 Å². The van der Waals surface area contributed by atoms with E-state index in [1.54, 1.807) is 7.11 Å². The molecule has 7 heteroatoms. The number of hydrogen-bond donors (Lipinski definition) is 1. The first-order valence-corrected chi connectivity index (χ1v) is 11.0. The number of carbonyl (C=O) groups is 1. The lowest BCUT2D eigenvalue weighted by Crippen LogP contribution is -2.54. The molecule has 1 amide bonds. The van der Waals surface area contributed by atoms with Crippen molar-refractivity contribution >= 4 is 5.91 Å². The van der Waals surface area contributed by atoms with Crippen molar-refractivity contribution in [2.24, 2.45) is 5.92 Å². The average molecular weight is 411 g/mol. The first-order valence-electron chi connectivity index (χ1n) is 11.0. The third-order valence-corrected chi connectivity index (χ3v) is 6.64. The van der Waals surface area contributed by atoms with E-state index in [2.05, 4.69) is 31.9 Å². The fourth-order valence-corrected chi connectivity index (χ4v) is 4.62. The van der Waals surface area contributed by atoms with Crippen LogP contribution >= 0.6 is 0 Å². The van der Waals surface area contributed by atoms with Crippen LogP contribution in [0, 0.1) is 5.92 Å². The average Bonchev–Trinajstić information content (AvgIpc) is 3.48. The van der Waals surface area contributed by atoms with Crippen molar-refractivity contribution in [2.45, 2.75) is 50.5 Å². The minimum atomic E-state index is -0.472. The van der Waals surface area contributed by atoms with Crippen LogP contribution in [0.3, 0.4) is 0 Å². The molecule has 1 atom stereocenters. The third-order valence-electron chi connectivity index (χ3n) is 6.64. The number of aromatic nitrogens is 2. The maximum absolute atomic E-state index is 12.8. The molecule has 1 spiro atoms. The normalized spacial score (nSPS) is 23.2. The minimum Gasteiger partial charge on any atom is -0.497 e. The third kappa shape index (κ3) is 3.96. The number of carbonyl (C=O) groups excluding carboxylic acids is 1. The molecule has 0 bridgehead atoms. The van der Waals surface area contributed by atoms with E-state index < -0.39 is 11.7 Å². The Kier molecular flexibility index (Phi) is 5.25. The first kappa shape index (κ1) is 19.6. The van der Waals surface area contributed by atoms with E-state index in [0.29, 0.717) is 12.5 Å². The summed E-state index contributed by atoms with van der Waals surface area (Å²) in [6.45, 7) is 4.05. The number of likely N-dealkylation sites (tertiary alicyclic amines) is 1. The summed E-state index contributed by atoms with van der Waals surface area (Å²) in [4.78, 5) is 19.8. The van der Waals surface area contributed by atoms with Crippen LogP contribution in [-0.4, -0.2) is 53.2 Å². The van der Waals surface area contributed by atoms with Crippen LogP contribution < -0.4 is 10.1 Å². The van der Waals surface area contributed by atoms with Crippen LogP contribution in [0.5, 0.6) is 5.75 Å². The van der Waals surface area contributed by atoms with Crippen molar-refractivity contribution in [1.29, 1.82) is 0 Å². The van der Waals surface area contributed by atoms with Crippen LogP contribution in [0.4, 0.5) is 0 Å². The second kappa shape index (κ2) is 8.04. The minimum absolute atomic E-state index is 0.0151. The maximum Gasteiger partial charge on any atom is 0.251 e. The van der Waals surface area contributed by atoms with Gasteiger partial charge in [-0.25, -0.2) is 4.98 Å². The van der Waals surface area contributed by atoms with Crippen LogP contribution in [0.15, 0.2) is 36.7 Å². The smallest absolute Gasteiger partial charge is 0.251 e. The van der Waals surface area contributed by atoms with Gasteiger partial charge < -0.3 is 19.4 Å². The number of ether oxygens (including phenoxy) is 2. The number of nitrogens with zero attached hydrogens (tertiary/aromatic N) is 3. The number of methoxy groups -OCH3 is 1. The molecule has 3 heterocycles. The monoisotopic (exact) mass is 410 g/mol. The molecule has 2 fully saturated rings. The summed E-state index contributed by atoms with van der Waals surface area (Å²) in [5, 5.41) is 3.09. The standard InChI is InChI=1S/C23H30N4O3/c1-29-19-6-4-18(5-7-19)15-26-11-8-23(9-12-26)22-24-10-13-27(22)16-20(30-23)21(28)25-14-17-2-3-17/h4-7,10,13,17,20H,2-3,8-9,11-12,14-16H2,1H3,(H,25,28)/t20-/m1/s1. The molecule has 1 saturated heterocycles. The predicted octanol–water partition coefficient (Wildman–Crippen LogP) is 2.31. The lowest BCUT2D eigenvalue weighted by Gasteiger charge is -2.45. The summed E-state index contributed by atoms with van der Waals surface area (Å²) in [6.07, 6.45) is 7.49. The van der Waals surface area contributed by atoms with Gasteiger partial charge in [-0.1, -0.05) is 12.1 Å². The van der Waals surface area contributed by atoms with Gasteiger partial charge in [0, 0.05) is 38.6 Å². The van der Waals surface area contributed by atoms with E-state index in [9.17, 15) is 4.79 Å². The molecule has 160 valence electrons. The number of benzene rings is 1. The Balaban J connectivity index is 1.25. The summed E-state index contributed by atoms with van der Waals surface area (Å²) >= 11 is 0. The second-order valence-corrected chi connectivity index (χ2v) is 8.82. The number of hydrogen-bond acceptors (Lipinski definition) is 5. The fraction of sp³-hybridized carbons (Fsp3) is 0.565. The Morgan fingerprint density at radius 1 is 1.27 bits per heavy atom. The van der Waals surface area contributed by atoms with Gasteiger partial charge in [0.1, 0.15) is 17.2 Å². The lowest BCUT2D eigenvalue weighted by molar-refractivity contribution is -0.173. The van der Waals surface area contributed by atoms with Crippen LogP contribution in [0.1, 0.15) is 37.1 Å². The number of piperidine rings is 1. The highest BCUT2D eigenvalue weighted by Gasteiger charge is 2.47. The lowest BCUT2D eigenvalue weighted by atomic mass is 9.88. The van der Waals surface area contributed by atoms with Crippen LogP contribution in [-0.2, 0) is 28.2 Å². The zero-order valence-corrected chi connectivity index (χ0v) is 17.5. The Labute approximate surface area is 177 Å². The maximum atomic E-state index is 12.8. The summed E-state index contributed by atoms with van der Waals surface area (Å²) in [7, 11) is 1.69. The van der Waals surface area contributed by atoms with Gasteiger partial charge >= 0.3 is 0 Å². The molecule has 3 aliphatic rings. The summed E-state index contributed by atoms with van der Waals surface area (Å²) in [5.74, 6) is 2.53. The van der Waals surface area contributed by atoms with Crippen molar-refractivity contribution in [1.82, 2.24) is 19.8 Å². The van der Waals surface area contributed by atoms with Gasteiger partial charge in [0.25, 0.3) is 5.91 Å². The number of fused-ring (bicyclic) bond motifs is 2. The zero-order valence-electron chi connectivity index (χ0n) is 17.5. The molecule has 30 heavy (non-hydrogen) atoms. The van der Waals surface area contributed by atoms with Gasteiger partial charge in [0.05, 0.1) is 13.7 Å². The van der Waals surface area contributed by atoms with E-state index in [1.165, 1.54) is 18.4 Å². The molecule has 0 radical (unpaired) electrons. The number of nitrogens with one attached hydrogen (secondary N) is 1. The predicted molar refractivity (Wildman–Crippen MR) is 112 cm³/mol. The van der Waals surface area contributed by atoms with Gasteiger partial charge in [-0.15, -0.1) is 0 Å². The molecule has 7 nitrogen and oxygen atoms in total. The quantitative estimate of drug-likeness (QED) is 0.792. The molecule has 5 rings (SSSR count). The summed E-state index contributed by atoms with van der Waals surface area (Å²) < 4.78 is 13.9. The van der Waals surface area contributed by atoms with Crippen molar-refractivity contribution in [3.05, 3.63) is 48.0 Å². The van der Waals surface area contributed by atoms with E-state index in [-0.39, 0.29) is 5.91 Å². The molecular formula is C23H30N4O3. The molecular weight excluding hydrogens is 380 g/mol. The number of amides is 1. The Morgan fingerprint density at radius 2 is 2.03 bits per heavy atom. The summed E-state index contributed by atoms with van der Waals surface area (Å²) in [5.41, 5.74) is 0.801. The highest BCUT2D eigenvalue weighted by molar-refractivity contribution is 5.81. The van der Waals surface area contributed by atoms with E-state index >= 15 is 0 Å². The topological polar surface area (TPSA) is 68.6 Å². The second-order valence-electron chi connectivity index (χ2n) is 8.82. The Bertz CT molecular complexity index is 882. The van der Waals surface area contributed by atoms with Gasteiger partial charge in [0.2, 0.25) is 0 Å². The zero-order chi connectivity index (χ0) is 20.6. The highest BCUT2D eigenvalue weighted by atomic mass is 16.5. The van der Waals surface area contributed by atoms with E-state index in [4.69, 9.17) is 9.47 Å². The fourth-order valence-electron chi connectivity index (χ4n) is 4.62. The molecule has 1 aromatic heterocycles. The first-order chi connectivity index (χ1) is 14.6. The van der Waals surface area contributed by atoms with Crippen LogP contribution in [0.25, 0.3) is 0 Å². The molecule has 1 N–H and O–H groups in total. The van der Waals surface area contributed by atoms with Gasteiger partial charge in [0.15, 0.2) is 6.10 Å². The van der Waals surface area contributed by atoms with Gasteiger partial charge in [-0.2, -0.15) is 0 Å². The molecule has 1 saturated carbocycles. The van der Waals surface area contributed by atoms with Crippen molar-refractivity contribution in [3.63, 3.8) is 0 Å². The van der Waals surface area contributed by atoms with Crippen molar-refractivity contribution in [2.75, 3.05) is 26.7 Å². The molecule has 1 aliphatic carbocycles. The van der Waals surface area contributed by atoms with Crippen molar-refractivity contribution < 1.29 is 14.3 Å². The number of imidazole rings is 1. The Morgan fingerprint density at radius 3 is 2.73 bits per heavy atom. The summed E-state index contributed by atoms with van der Waals surface area (Å²) in [6, 6.07) is 8.25.